The van der Waals surface area contributed by atoms with Crippen LogP contribution in [0.4, 0.5) is 0 Å². The molecule has 4 aromatic rings. The fourth-order valence-corrected chi connectivity index (χ4v) is 3.52. The van der Waals surface area contributed by atoms with Gasteiger partial charge in [0.05, 0.1) is 41.7 Å². The van der Waals surface area contributed by atoms with Gasteiger partial charge in [0, 0.05) is 45.0 Å². The highest BCUT2D eigenvalue weighted by Crippen LogP contribution is 2.13. The lowest BCUT2D eigenvalue weighted by Gasteiger charge is -2.20. The largest absolute Gasteiger partial charge is 0.394 e. The first-order valence-corrected chi connectivity index (χ1v) is 12.0. The molecule has 10 heteroatoms. The molecule has 0 bridgehead atoms. The summed E-state index contributed by atoms with van der Waals surface area (Å²) in [7, 11) is 1.72. The lowest BCUT2D eigenvalue weighted by molar-refractivity contribution is -0.107. The van der Waals surface area contributed by atoms with Crippen molar-refractivity contribution in [3.05, 3.63) is 102 Å². The van der Waals surface area contributed by atoms with Crippen LogP contribution in [0.25, 0.3) is 5.69 Å². The number of benzene rings is 1. The van der Waals surface area contributed by atoms with Gasteiger partial charge in [0.15, 0.2) is 0 Å². The van der Waals surface area contributed by atoms with Crippen LogP contribution in [0.15, 0.2) is 79.3 Å². The SMILES string of the molecule is CNC[C@H](O)CO.O=CCc1ccc(-n2cc(CN(Cc3ccccn3)Cc3ccccn3)nn2)cc1. The van der Waals surface area contributed by atoms with Crippen molar-refractivity contribution in [3.63, 3.8) is 0 Å². The van der Waals surface area contributed by atoms with Crippen molar-refractivity contribution in [2.75, 3.05) is 20.2 Å². The summed E-state index contributed by atoms with van der Waals surface area (Å²) in [6.45, 7) is 2.28. The van der Waals surface area contributed by atoms with Gasteiger partial charge in [-0.25, -0.2) is 4.68 Å². The minimum atomic E-state index is -0.606. The number of aliphatic hydroxyl groups excluding tert-OH is 2. The van der Waals surface area contributed by atoms with Crippen LogP contribution >= 0.6 is 0 Å². The zero-order valence-electron chi connectivity index (χ0n) is 20.9. The molecule has 0 saturated heterocycles. The Bertz CT molecular complexity index is 1130. The molecule has 3 aromatic heterocycles. The van der Waals surface area contributed by atoms with Crippen LogP contribution in [0.1, 0.15) is 22.6 Å². The summed E-state index contributed by atoms with van der Waals surface area (Å²) >= 11 is 0. The van der Waals surface area contributed by atoms with Crippen LogP contribution in [0.3, 0.4) is 0 Å². The van der Waals surface area contributed by atoms with E-state index in [0.717, 1.165) is 34.6 Å². The Labute approximate surface area is 216 Å². The van der Waals surface area contributed by atoms with E-state index in [1.807, 2.05) is 66.9 Å². The van der Waals surface area contributed by atoms with Crippen LogP contribution in [0, 0.1) is 0 Å². The minimum absolute atomic E-state index is 0.166. The lowest BCUT2D eigenvalue weighted by Crippen LogP contribution is -2.26. The smallest absolute Gasteiger partial charge is 0.124 e. The van der Waals surface area contributed by atoms with Gasteiger partial charge in [-0.15, -0.1) is 5.10 Å². The Morgan fingerprint density at radius 1 is 0.946 bits per heavy atom. The molecule has 3 heterocycles. The first-order valence-electron chi connectivity index (χ1n) is 12.0. The molecule has 1 atom stereocenters. The molecule has 0 aliphatic heterocycles. The van der Waals surface area contributed by atoms with Gasteiger partial charge in [-0.2, -0.15) is 0 Å². The van der Waals surface area contributed by atoms with Crippen LogP contribution in [0.5, 0.6) is 0 Å². The van der Waals surface area contributed by atoms with Crippen molar-refractivity contribution >= 4 is 6.29 Å². The van der Waals surface area contributed by atoms with E-state index >= 15 is 0 Å². The molecule has 4 rings (SSSR count). The number of hydrogen-bond donors (Lipinski definition) is 3. The third-order valence-corrected chi connectivity index (χ3v) is 5.32. The molecule has 0 spiro atoms. The van der Waals surface area contributed by atoms with Crippen molar-refractivity contribution in [1.82, 2.24) is 35.2 Å². The quantitative estimate of drug-likeness (QED) is 0.247. The van der Waals surface area contributed by atoms with Crippen LogP contribution < -0.4 is 5.32 Å². The summed E-state index contributed by atoms with van der Waals surface area (Å²) in [5.41, 5.74) is 4.73. The maximum absolute atomic E-state index is 10.7. The number of nitrogens with one attached hydrogen (secondary N) is 1. The number of aliphatic hydroxyl groups is 2. The fourth-order valence-electron chi connectivity index (χ4n) is 3.52. The molecule has 0 radical (unpaired) electrons. The van der Waals surface area contributed by atoms with Crippen molar-refractivity contribution < 1.29 is 15.0 Å². The summed E-state index contributed by atoms with van der Waals surface area (Å²) in [6, 6.07) is 19.6. The van der Waals surface area contributed by atoms with Gasteiger partial charge in [0.2, 0.25) is 0 Å². The predicted molar refractivity (Wildman–Crippen MR) is 140 cm³/mol. The second kappa shape index (κ2) is 15.3. The Morgan fingerprint density at radius 3 is 2.05 bits per heavy atom. The average Bonchev–Trinajstić information content (AvgIpc) is 3.39. The highest BCUT2D eigenvalue weighted by atomic mass is 16.3. The molecule has 1 aromatic carbocycles. The summed E-state index contributed by atoms with van der Waals surface area (Å²) in [5.74, 6) is 0. The average molecular weight is 504 g/mol. The van der Waals surface area contributed by atoms with Crippen molar-refractivity contribution in [3.8, 4) is 5.69 Å². The molecule has 0 fully saturated rings. The Kier molecular flexibility index (Phi) is 11.5. The number of aromatic nitrogens is 5. The number of rotatable bonds is 12. The van der Waals surface area contributed by atoms with Gasteiger partial charge < -0.3 is 20.3 Å². The number of nitrogens with zero attached hydrogens (tertiary/aromatic N) is 6. The highest BCUT2D eigenvalue weighted by molar-refractivity contribution is 5.55. The third-order valence-electron chi connectivity index (χ3n) is 5.32. The van der Waals surface area contributed by atoms with Gasteiger partial charge in [-0.05, 0) is 49.0 Å². The van der Waals surface area contributed by atoms with Crippen molar-refractivity contribution in [1.29, 1.82) is 0 Å². The zero-order chi connectivity index (χ0) is 26.3. The van der Waals surface area contributed by atoms with E-state index < -0.39 is 6.10 Å². The topological polar surface area (TPSA) is 129 Å². The normalized spacial score (nSPS) is 11.6. The highest BCUT2D eigenvalue weighted by Gasteiger charge is 2.13. The molecule has 0 unspecified atom stereocenters. The number of carbonyl (C=O) groups is 1. The number of hydrogen-bond acceptors (Lipinski definition) is 9. The third kappa shape index (κ3) is 9.62. The Morgan fingerprint density at radius 2 is 1.57 bits per heavy atom. The molecule has 0 amide bonds. The Hall–Kier alpha value is -3.83. The van der Waals surface area contributed by atoms with Crippen LogP contribution in [0.2, 0.25) is 0 Å². The number of pyridine rings is 2. The molecule has 37 heavy (non-hydrogen) atoms. The summed E-state index contributed by atoms with van der Waals surface area (Å²) in [4.78, 5) is 21.8. The Balaban J connectivity index is 0.000000479. The maximum atomic E-state index is 10.7. The van der Waals surface area contributed by atoms with E-state index in [4.69, 9.17) is 10.2 Å². The second-order valence-electron chi connectivity index (χ2n) is 8.37. The van der Waals surface area contributed by atoms with E-state index in [0.29, 0.717) is 32.6 Å². The van der Waals surface area contributed by atoms with E-state index in [-0.39, 0.29) is 6.61 Å². The second-order valence-corrected chi connectivity index (χ2v) is 8.37. The summed E-state index contributed by atoms with van der Waals surface area (Å²) in [5, 5.41) is 28.0. The molecule has 0 saturated carbocycles. The standard InChI is InChI=1S/C23H22N6O.C4H11NO2/c30-14-11-19-7-9-23(10-8-19)29-18-22(26-27-29)17-28(15-20-5-1-3-12-24-20)16-21-6-2-4-13-25-21;1-5-2-4(7)3-6/h1-10,12-14,18H,11,15-17H2;4-7H,2-3H2,1H3/t;4-/m.0/s1. The van der Waals surface area contributed by atoms with Crippen LogP contribution in [-0.4, -0.2) is 72.7 Å². The zero-order valence-corrected chi connectivity index (χ0v) is 20.9. The van der Waals surface area contributed by atoms with E-state index in [1.54, 1.807) is 24.1 Å². The van der Waals surface area contributed by atoms with E-state index in [1.165, 1.54) is 0 Å². The van der Waals surface area contributed by atoms with Gasteiger partial charge >= 0.3 is 0 Å². The molecular weight excluding hydrogens is 470 g/mol. The molecular formula is C27H33N7O3. The summed E-state index contributed by atoms with van der Waals surface area (Å²) in [6.07, 6.45) is 6.25. The predicted octanol–water partition coefficient (Wildman–Crippen LogP) is 1.56. The van der Waals surface area contributed by atoms with E-state index in [2.05, 4.69) is 30.5 Å². The van der Waals surface area contributed by atoms with Crippen molar-refractivity contribution in [2.45, 2.75) is 32.2 Å². The van der Waals surface area contributed by atoms with Gasteiger partial charge in [0.25, 0.3) is 0 Å². The van der Waals surface area contributed by atoms with E-state index in [9.17, 15) is 4.79 Å². The molecule has 194 valence electrons. The van der Waals surface area contributed by atoms with Crippen LogP contribution in [-0.2, 0) is 30.8 Å². The first kappa shape index (κ1) is 27.8. The monoisotopic (exact) mass is 503 g/mol. The van der Waals surface area contributed by atoms with Gasteiger partial charge in [-0.3, -0.25) is 14.9 Å². The molecule has 0 aliphatic rings. The molecule has 0 aliphatic carbocycles. The molecule has 3 N–H and O–H groups in total. The summed E-state index contributed by atoms with van der Waals surface area (Å²) < 4.78 is 1.75. The molecule has 10 nitrogen and oxygen atoms in total. The van der Waals surface area contributed by atoms with Crippen molar-refractivity contribution in [2.24, 2.45) is 0 Å². The number of aldehydes is 1. The van der Waals surface area contributed by atoms with Gasteiger partial charge in [0.1, 0.15) is 6.29 Å². The minimum Gasteiger partial charge on any atom is -0.394 e. The lowest BCUT2D eigenvalue weighted by atomic mass is 10.1. The first-order chi connectivity index (χ1) is 18.1. The number of carbonyl (C=O) groups excluding carboxylic acids is 1. The van der Waals surface area contributed by atoms with Gasteiger partial charge in [-0.1, -0.05) is 29.5 Å². The fraction of sp³-hybridized carbons (Fsp3) is 0.296. The number of likely N-dealkylation sites (N-methyl/N-ethyl adjacent to an activating group) is 1. The maximum Gasteiger partial charge on any atom is 0.124 e.